The van der Waals surface area contributed by atoms with E-state index in [1.165, 1.54) is 6.04 Å². The van der Waals surface area contributed by atoms with Gasteiger partial charge in [0.05, 0.1) is 15.6 Å². The van der Waals surface area contributed by atoms with Crippen LogP contribution in [0.2, 0.25) is 6.04 Å². The highest BCUT2D eigenvalue weighted by Gasteiger charge is 2.43. The van der Waals surface area contributed by atoms with Gasteiger partial charge in [0.25, 0.3) is 0 Å². The Bertz CT molecular complexity index is 312. The van der Waals surface area contributed by atoms with Crippen molar-refractivity contribution in [3.8, 4) is 0 Å². The van der Waals surface area contributed by atoms with Gasteiger partial charge in [0.15, 0.2) is 0 Å². The topological polar surface area (TPSA) is 30.9 Å². The van der Waals surface area contributed by atoms with Gasteiger partial charge in [-0.15, -0.1) is 0 Å². The van der Waals surface area contributed by atoms with Gasteiger partial charge in [-0.2, -0.15) is 0 Å². The molecule has 0 amide bonds. The van der Waals surface area contributed by atoms with Gasteiger partial charge in [-0.25, -0.2) is 0 Å². The summed E-state index contributed by atoms with van der Waals surface area (Å²) in [5, 5.41) is 0. The number of hydrogen-bond acceptors (Lipinski definition) is 4. The molecule has 0 aromatic rings. The maximum Gasteiger partial charge on any atom is 0.134 e. The Labute approximate surface area is 146 Å². The summed E-state index contributed by atoms with van der Waals surface area (Å²) in [5.74, 6) is 0.0891. The van der Waals surface area contributed by atoms with Crippen molar-refractivity contribution in [2.75, 3.05) is 26.9 Å². The lowest BCUT2D eigenvalue weighted by Crippen LogP contribution is -2.60. The van der Waals surface area contributed by atoms with Crippen LogP contribution in [0.25, 0.3) is 0 Å². The van der Waals surface area contributed by atoms with Crippen molar-refractivity contribution in [2.24, 2.45) is 0 Å². The smallest absolute Gasteiger partial charge is 0.134 e. The maximum absolute atomic E-state index is 6.22. The number of likely N-dealkylation sites (tertiary alicyclic amines) is 1. The molecule has 1 aliphatic heterocycles. The van der Waals surface area contributed by atoms with Gasteiger partial charge in [-0.05, 0) is 67.9 Å². The molecule has 1 fully saturated rings. The van der Waals surface area contributed by atoms with Crippen LogP contribution in [0.15, 0.2) is 0 Å². The minimum atomic E-state index is -0.331. The Morgan fingerprint density at radius 3 is 2.04 bits per heavy atom. The van der Waals surface area contributed by atoms with Crippen molar-refractivity contribution in [2.45, 2.75) is 89.9 Å². The van der Waals surface area contributed by atoms with Gasteiger partial charge in [0.2, 0.25) is 0 Å². The fourth-order valence-electron chi connectivity index (χ4n) is 3.65. The van der Waals surface area contributed by atoms with E-state index in [1.54, 1.807) is 0 Å². The average Bonchev–Trinajstić information content (AvgIpc) is 2.44. The molecule has 23 heavy (non-hydrogen) atoms. The third-order valence-corrected chi connectivity index (χ3v) is 7.01. The minimum absolute atomic E-state index is 0.0891. The Morgan fingerprint density at radius 1 is 1.04 bits per heavy atom. The highest BCUT2D eigenvalue weighted by atomic mass is 28.2. The molecule has 1 rings (SSSR count). The SMILES string of the molecule is CCOC(OCC)[SiH2]CCCOC1CC(C)(C)N(C)C(C)(C)C1. The van der Waals surface area contributed by atoms with Crippen LogP contribution in [-0.2, 0) is 14.2 Å². The van der Waals surface area contributed by atoms with Crippen LogP contribution in [-0.4, -0.2) is 64.4 Å². The fourth-order valence-corrected chi connectivity index (χ4v) is 5.28. The van der Waals surface area contributed by atoms with Crippen molar-refractivity contribution < 1.29 is 14.2 Å². The van der Waals surface area contributed by atoms with Crippen LogP contribution in [0.4, 0.5) is 0 Å². The molecular weight excluding hydrogens is 306 g/mol. The van der Waals surface area contributed by atoms with Gasteiger partial charge in [0.1, 0.15) is 5.91 Å². The van der Waals surface area contributed by atoms with Crippen molar-refractivity contribution in [1.82, 2.24) is 4.90 Å². The van der Waals surface area contributed by atoms with Crippen molar-refractivity contribution in [3.63, 3.8) is 0 Å². The van der Waals surface area contributed by atoms with Crippen LogP contribution < -0.4 is 0 Å². The fraction of sp³-hybridized carbons (Fsp3) is 1.00. The van der Waals surface area contributed by atoms with E-state index < -0.39 is 0 Å². The second-order valence-electron chi connectivity index (χ2n) is 7.92. The van der Waals surface area contributed by atoms with Crippen molar-refractivity contribution >= 4 is 9.52 Å². The number of ether oxygens (including phenoxy) is 3. The Kier molecular flexibility index (Phi) is 8.73. The molecule has 0 unspecified atom stereocenters. The molecule has 5 heteroatoms. The van der Waals surface area contributed by atoms with E-state index in [0.29, 0.717) is 6.10 Å². The van der Waals surface area contributed by atoms with Gasteiger partial charge < -0.3 is 14.2 Å². The van der Waals surface area contributed by atoms with Gasteiger partial charge in [-0.1, -0.05) is 6.04 Å². The third-order valence-electron chi connectivity index (χ3n) is 5.16. The highest BCUT2D eigenvalue weighted by molar-refractivity contribution is 6.36. The van der Waals surface area contributed by atoms with Crippen LogP contribution in [0.3, 0.4) is 0 Å². The first kappa shape index (κ1) is 21.1. The molecule has 0 N–H and O–H groups in total. The van der Waals surface area contributed by atoms with Crippen molar-refractivity contribution in [3.05, 3.63) is 0 Å². The molecule has 0 aromatic carbocycles. The number of rotatable bonds is 10. The van der Waals surface area contributed by atoms with E-state index in [2.05, 4.69) is 39.6 Å². The lowest BCUT2D eigenvalue weighted by atomic mass is 9.79. The second-order valence-corrected chi connectivity index (χ2v) is 9.87. The Hall–Kier alpha value is 0.0569. The maximum atomic E-state index is 6.22. The van der Waals surface area contributed by atoms with E-state index in [0.717, 1.165) is 39.1 Å². The molecular formula is C18H39NO3Si. The molecule has 1 aliphatic rings. The summed E-state index contributed by atoms with van der Waals surface area (Å²) in [6, 6.07) is 1.23. The summed E-state index contributed by atoms with van der Waals surface area (Å²) >= 11 is 0. The number of nitrogens with zero attached hydrogens (tertiary/aromatic N) is 1. The van der Waals surface area contributed by atoms with E-state index in [4.69, 9.17) is 14.2 Å². The van der Waals surface area contributed by atoms with Crippen LogP contribution >= 0.6 is 0 Å². The number of piperidine rings is 1. The molecule has 0 aliphatic carbocycles. The van der Waals surface area contributed by atoms with E-state index in [9.17, 15) is 0 Å². The second kappa shape index (κ2) is 9.52. The van der Waals surface area contributed by atoms with E-state index in [-0.39, 0.29) is 26.5 Å². The standard InChI is InChI=1S/C18H39NO3Si/c1-8-20-16(21-9-2)23-12-10-11-22-15-13-17(3,4)19(7)18(5,6)14-15/h15-16H,8-14,23H2,1-7H3. The summed E-state index contributed by atoms with van der Waals surface area (Å²) in [5.41, 5.74) is 0.409. The summed E-state index contributed by atoms with van der Waals surface area (Å²) in [6.45, 7) is 15.7. The molecule has 0 aromatic heterocycles. The summed E-state index contributed by atoms with van der Waals surface area (Å²) in [7, 11) is 1.91. The van der Waals surface area contributed by atoms with E-state index >= 15 is 0 Å². The zero-order valence-corrected chi connectivity index (χ0v) is 17.9. The quantitative estimate of drug-likeness (QED) is 0.346. The van der Waals surface area contributed by atoms with Crippen molar-refractivity contribution in [1.29, 1.82) is 0 Å². The summed E-state index contributed by atoms with van der Waals surface area (Å²) in [4.78, 5) is 2.50. The lowest BCUT2D eigenvalue weighted by Gasteiger charge is -2.53. The highest BCUT2D eigenvalue weighted by Crippen LogP contribution is 2.38. The van der Waals surface area contributed by atoms with Gasteiger partial charge in [-0.3, -0.25) is 4.90 Å². The van der Waals surface area contributed by atoms with E-state index in [1.807, 2.05) is 13.8 Å². The molecule has 0 saturated carbocycles. The average molecular weight is 346 g/mol. The molecule has 1 saturated heterocycles. The molecule has 1 heterocycles. The first-order chi connectivity index (χ1) is 10.7. The lowest BCUT2D eigenvalue weighted by molar-refractivity contribution is -0.0916. The molecule has 0 spiro atoms. The molecule has 0 radical (unpaired) electrons. The Morgan fingerprint density at radius 2 is 1.57 bits per heavy atom. The Balaban J connectivity index is 2.28. The largest absolute Gasteiger partial charge is 0.378 e. The zero-order chi connectivity index (χ0) is 17.5. The predicted octanol–water partition coefficient (Wildman–Crippen LogP) is 2.99. The van der Waals surface area contributed by atoms with Gasteiger partial charge in [0, 0.05) is 30.9 Å². The first-order valence-corrected chi connectivity index (χ1v) is 11.1. The van der Waals surface area contributed by atoms with Crippen LogP contribution in [0.1, 0.15) is 60.8 Å². The van der Waals surface area contributed by atoms with Gasteiger partial charge >= 0.3 is 0 Å². The normalized spacial score (nSPS) is 22.4. The molecule has 4 nitrogen and oxygen atoms in total. The number of hydrogen-bond donors (Lipinski definition) is 0. The van der Waals surface area contributed by atoms with Crippen LogP contribution in [0, 0.1) is 0 Å². The third kappa shape index (κ3) is 6.82. The minimum Gasteiger partial charge on any atom is -0.378 e. The summed E-state index contributed by atoms with van der Waals surface area (Å²) < 4.78 is 17.5. The zero-order valence-electron chi connectivity index (χ0n) is 16.5. The molecule has 138 valence electrons. The molecule has 0 atom stereocenters. The molecule has 0 bridgehead atoms. The van der Waals surface area contributed by atoms with Crippen LogP contribution in [0.5, 0.6) is 0 Å². The summed E-state index contributed by atoms with van der Waals surface area (Å²) in [6.07, 6.45) is 3.75. The predicted molar refractivity (Wildman–Crippen MR) is 99.9 cm³/mol. The monoisotopic (exact) mass is 345 g/mol. The first-order valence-electron chi connectivity index (χ1n) is 9.31.